The molecule has 1 aliphatic heterocycles. The SMILES string of the molecule is CCC1CCCC(Nc2cc3c(cc2Cl)NC(=O)C3)CC1. The first kappa shape index (κ1) is 14.7. The van der Waals surface area contributed by atoms with Crippen LogP contribution >= 0.6 is 11.6 Å². The Kier molecular flexibility index (Phi) is 4.39. The maximum Gasteiger partial charge on any atom is 0.228 e. The highest BCUT2D eigenvalue weighted by molar-refractivity contribution is 6.33. The van der Waals surface area contributed by atoms with Crippen LogP contribution in [0.4, 0.5) is 11.4 Å². The summed E-state index contributed by atoms with van der Waals surface area (Å²) in [5.41, 5.74) is 2.89. The third kappa shape index (κ3) is 3.34. The van der Waals surface area contributed by atoms with Crippen molar-refractivity contribution in [2.24, 2.45) is 5.92 Å². The number of anilines is 2. The van der Waals surface area contributed by atoms with Gasteiger partial charge in [-0.2, -0.15) is 0 Å². The van der Waals surface area contributed by atoms with E-state index < -0.39 is 0 Å². The van der Waals surface area contributed by atoms with Crippen LogP contribution in [0.1, 0.15) is 51.0 Å². The van der Waals surface area contributed by atoms with Gasteiger partial charge in [-0.05, 0) is 42.9 Å². The minimum absolute atomic E-state index is 0.0541. The molecular formula is C17H23ClN2O. The highest BCUT2D eigenvalue weighted by atomic mass is 35.5. The summed E-state index contributed by atoms with van der Waals surface area (Å²) in [6.07, 6.45) is 8.12. The molecule has 1 fully saturated rings. The van der Waals surface area contributed by atoms with Crippen molar-refractivity contribution < 1.29 is 4.79 Å². The fourth-order valence-electron chi connectivity index (χ4n) is 3.51. The maximum absolute atomic E-state index is 11.5. The lowest BCUT2D eigenvalue weighted by molar-refractivity contribution is -0.115. The number of rotatable bonds is 3. The minimum atomic E-state index is 0.0541. The second-order valence-electron chi connectivity index (χ2n) is 6.34. The van der Waals surface area contributed by atoms with Crippen molar-refractivity contribution in [1.82, 2.24) is 0 Å². The molecule has 0 bridgehead atoms. The largest absolute Gasteiger partial charge is 0.381 e. The van der Waals surface area contributed by atoms with Gasteiger partial charge in [0.2, 0.25) is 5.91 Å². The second kappa shape index (κ2) is 6.27. The number of carbonyl (C=O) groups excluding carboxylic acids is 1. The van der Waals surface area contributed by atoms with E-state index in [0.29, 0.717) is 17.5 Å². The van der Waals surface area contributed by atoms with Crippen LogP contribution in [-0.2, 0) is 11.2 Å². The van der Waals surface area contributed by atoms with Gasteiger partial charge in [-0.25, -0.2) is 0 Å². The first-order valence-corrected chi connectivity index (χ1v) is 8.42. The quantitative estimate of drug-likeness (QED) is 0.801. The topological polar surface area (TPSA) is 41.1 Å². The van der Waals surface area contributed by atoms with Crippen LogP contribution in [-0.4, -0.2) is 11.9 Å². The van der Waals surface area contributed by atoms with Gasteiger partial charge >= 0.3 is 0 Å². The van der Waals surface area contributed by atoms with Crippen LogP contribution in [0.15, 0.2) is 12.1 Å². The molecule has 2 atom stereocenters. The third-order valence-corrected chi connectivity index (χ3v) is 5.16. The van der Waals surface area contributed by atoms with E-state index in [1.807, 2.05) is 12.1 Å². The number of hydrogen-bond donors (Lipinski definition) is 2. The Hall–Kier alpha value is -1.22. The summed E-state index contributed by atoms with van der Waals surface area (Å²) in [4.78, 5) is 11.5. The van der Waals surface area contributed by atoms with E-state index in [1.165, 1.54) is 38.5 Å². The highest BCUT2D eigenvalue weighted by Gasteiger charge is 2.22. The van der Waals surface area contributed by atoms with Crippen molar-refractivity contribution in [2.75, 3.05) is 10.6 Å². The molecule has 2 aliphatic rings. The molecule has 1 aliphatic carbocycles. The molecule has 0 aromatic heterocycles. The zero-order chi connectivity index (χ0) is 14.8. The fourth-order valence-corrected chi connectivity index (χ4v) is 3.73. The van der Waals surface area contributed by atoms with E-state index in [-0.39, 0.29) is 5.91 Å². The molecule has 1 aromatic carbocycles. The van der Waals surface area contributed by atoms with E-state index in [0.717, 1.165) is 22.9 Å². The Bertz CT molecular complexity index is 544. The zero-order valence-corrected chi connectivity index (χ0v) is 13.3. The molecule has 3 rings (SSSR count). The molecule has 114 valence electrons. The summed E-state index contributed by atoms with van der Waals surface area (Å²) in [5, 5.41) is 7.15. The van der Waals surface area contributed by atoms with Gasteiger partial charge in [0.15, 0.2) is 0 Å². The Morgan fingerprint density at radius 3 is 2.95 bits per heavy atom. The summed E-state index contributed by atoms with van der Waals surface area (Å²) < 4.78 is 0. The monoisotopic (exact) mass is 306 g/mol. The first-order chi connectivity index (χ1) is 10.2. The molecule has 1 amide bonds. The number of halogens is 1. The summed E-state index contributed by atoms with van der Waals surface area (Å²) >= 11 is 6.36. The lowest BCUT2D eigenvalue weighted by Gasteiger charge is -2.19. The molecule has 3 nitrogen and oxygen atoms in total. The first-order valence-electron chi connectivity index (χ1n) is 8.04. The minimum Gasteiger partial charge on any atom is -0.381 e. The van der Waals surface area contributed by atoms with E-state index >= 15 is 0 Å². The molecule has 0 saturated heterocycles. The summed E-state index contributed by atoms with van der Waals surface area (Å²) in [7, 11) is 0. The van der Waals surface area contributed by atoms with Crippen LogP contribution in [0, 0.1) is 5.92 Å². The Balaban J connectivity index is 1.70. The number of fused-ring (bicyclic) bond motifs is 1. The molecule has 2 N–H and O–H groups in total. The van der Waals surface area contributed by atoms with Crippen molar-refractivity contribution in [3.8, 4) is 0 Å². The second-order valence-corrected chi connectivity index (χ2v) is 6.75. The van der Waals surface area contributed by atoms with Gasteiger partial charge in [0.05, 0.1) is 17.1 Å². The van der Waals surface area contributed by atoms with Gasteiger partial charge in [0.25, 0.3) is 0 Å². The number of nitrogens with one attached hydrogen (secondary N) is 2. The Morgan fingerprint density at radius 1 is 1.29 bits per heavy atom. The van der Waals surface area contributed by atoms with Gasteiger partial charge in [0.1, 0.15) is 0 Å². The van der Waals surface area contributed by atoms with Crippen LogP contribution in [0.5, 0.6) is 0 Å². The van der Waals surface area contributed by atoms with Crippen molar-refractivity contribution in [2.45, 2.75) is 57.9 Å². The van der Waals surface area contributed by atoms with Crippen LogP contribution in [0.25, 0.3) is 0 Å². The molecular weight excluding hydrogens is 284 g/mol. The van der Waals surface area contributed by atoms with Gasteiger partial charge in [-0.15, -0.1) is 0 Å². The van der Waals surface area contributed by atoms with E-state index in [1.54, 1.807) is 0 Å². The molecule has 1 heterocycles. The van der Waals surface area contributed by atoms with Crippen molar-refractivity contribution in [3.63, 3.8) is 0 Å². The molecule has 0 spiro atoms. The third-order valence-electron chi connectivity index (χ3n) is 4.84. The lowest BCUT2D eigenvalue weighted by Crippen LogP contribution is -2.18. The zero-order valence-electron chi connectivity index (χ0n) is 12.5. The maximum atomic E-state index is 11.5. The predicted molar refractivity (Wildman–Crippen MR) is 88.1 cm³/mol. The molecule has 21 heavy (non-hydrogen) atoms. The number of carbonyl (C=O) groups is 1. The standard InChI is InChI=1S/C17H23ClN2O/c1-2-11-4-3-5-13(7-6-11)19-16-8-12-9-17(21)20-15(12)10-14(16)18/h8,10-11,13,19H,2-7,9H2,1H3,(H,20,21). The van der Waals surface area contributed by atoms with Gasteiger partial charge in [-0.3, -0.25) is 4.79 Å². The van der Waals surface area contributed by atoms with Crippen molar-refractivity contribution >= 4 is 28.9 Å². The van der Waals surface area contributed by atoms with E-state index in [9.17, 15) is 4.79 Å². The van der Waals surface area contributed by atoms with E-state index in [2.05, 4.69) is 17.6 Å². The summed E-state index contributed by atoms with van der Waals surface area (Å²) in [5.74, 6) is 0.938. The highest BCUT2D eigenvalue weighted by Crippen LogP contribution is 2.35. The van der Waals surface area contributed by atoms with Crippen LogP contribution < -0.4 is 10.6 Å². The number of benzene rings is 1. The Labute approximate surface area is 131 Å². The molecule has 1 saturated carbocycles. The molecule has 4 heteroatoms. The Morgan fingerprint density at radius 2 is 2.14 bits per heavy atom. The van der Waals surface area contributed by atoms with Gasteiger partial charge < -0.3 is 10.6 Å². The molecule has 2 unspecified atom stereocenters. The molecule has 1 aromatic rings. The van der Waals surface area contributed by atoms with Crippen LogP contribution in [0.2, 0.25) is 5.02 Å². The summed E-state index contributed by atoms with van der Waals surface area (Å²) in [6, 6.07) is 4.41. The van der Waals surface area contributed by atoms with Gasteiger partial charge in [-0.1, -0.05) is 37.8 Å². The average molecular weight is 307 g/mol. The van der Waals surface area contributed by atoms with Crippen LogP contribution in [0.3, 0.4) is 0 Å². The lowest BCUT2D eigenvalue weighted by atomic mass is 9.98. The fraction of sp³-hybridized carbons (Fsp3) is 0.588. The van der Waals surface area contributed by atoms with Gasteiger partial charge in [0, 0.05) is 11.7 Å². The summed E-state index contributed by atoms with van der Waals surface area (Å²) in [6.45, 7) is 2.29. The molecule has 0 radical (unpaired) electrons. The predicted octanol–water partition coefficient (Wildman–Crippen LogP) is 4.61. The normalized spacial score (nSPS) is 25.1. The smallest absolute Gasteiger partial charge is 0.228 e. The number of amides is 1. The average Bonchev–Trinajstić information content (AvgIpc) is 2.68. The van der Waals surface area contributed by atoms with Crippen molar-refractivity contribution in [1.29, 1.82) is 0 Å². The number of hydrogen-bond acceptors (Lipinski definition) is 2. The van der Waals surface area contributed by atoms with E-state index in [4.69, 9.17) is 11.6 Å². The van der Waals surface area contributed by atoms with Crippen molar-refractivity contribution in [3.05, 3.63) is 22.7 Å².